The van der Waals surface area contributed by atoms with E-state index >= 15 is 0 Å². The Balaban J connectivity index is 3.05. The first-order valence-electron chi connectivity index (χ1n) is 9.38. The lowest BCUT2D eigenvalue weighted by atomic mass is 10.2. The highest BCUT2D eigenvalue weighted by Crippen LogP contribution is 2.23. The van der Waals surface area contributed by atoms with Crippen LogP contribution in [0.2, 0.25) is 0 Å². The van der Waals surface area contributed by atoms with Crippen LogP contribution in [0.4, 0.5) is 11.4 Å². The molecule has 1 aromatic carbocycles. The highest BCUT2D eigenvalue weighted by Gasteiger charge is 2.46. The van der Waals surface area contributed by atoms with Crippen LogP contribution in [0.5, 0.6) is 0 Å². The monoisotopic (exact) mass is 368 g/mol. The lowest BCUT2D eigenvalue weighted by Gasteiger charge is -2.34. The molecule has 0 saturated carbocycles. The van der Waals surface area contributed by atoms with Gasteiger partial charge in [-0.2, -0.15) is 0 Å². The minimum atomic E-state index is -3.05. The minimum absolute atomic E-state index is 0.00612. The molecule has 0 atom stereocenters. The summed E-state index contributed by atoms with van der Waals surface area (Å²) in [7, 11) is -3.05. The van der Waals surface area contributed by atoms with Gasteiger partial charge < -0.3 is 23.2 Å². The second kappa shape index (κ2) is 10.2. The molecule has 1 N–H and O–H groups in total. The largest absolute Gasteiger partial charge is 0.631 e. The van der Waals surface area contributed by atoms with Crippen molar-refractivity contribution in [2.45, 2.75) is 73.7 Å². The summed E-state index contributed by atoms with van der Waals surface area (Å²) in [6.07, 6.45) is 0.0184. The second-order valence-electron chi connectivity index (χ2n) is 6.90. The van der Waals surface area contributed by atoms with Gasteiger partial charge in [0, 0.05) is 42.8 Å². The van der Waals surface area contributed by atoms with Crippen molar-refractivity contribution in [3.05, 3.63) is 24.3 Å². The van der Waals surface area contributed by atoms with Crippen LogP contribution >= 0.6 is 0 Å². The van der Waals surface area contributed by atoms with Crippen molar-refractivity contribution in [1.82, 2.24) is 0 Å². The van der Waals surface area contributed by atoms with Crippen LogP contribution in [0, 0.1) is 0 Å². The van der Waals surface area contributed by atoms with Gasteiger partial charge in [-0.1, -0.05) is 0 Å². The third kappa shape index (κ3) is 7.36. The number of benzene rings is 1. The smallest absolute Gasteiger partial charge is 0.372 e. The Bertz CT molecular complexity index is 461. The Morgan fingerprint density at radius 1 is 0.800 bits per heavy atom. The predicted octanol–water partition coefficient (Wildman–Crippen LogP) is 4.66. The Kier molecular flexibility index (Phi) is 8.92. The third-order valence-corrected chi connectivity index (χ3v) is 6.41. The summed E-state index contributed by atoms with van der Waals surface area (Å²) >= 11 is 0. The van der Waals surface area contributed by atoms with Crippen molar-refractivity contribution >= 4 is 20.3 Å². The van der Waals surface area contributed by atoms with Gasteiger partial charge in [0.15, 0.2) is 0 Å². The highest BCUT2D eigenvalue weighted by molar-refractivity contribution is 6.64. The maximum absolute atomic E-state index is 6.16. The number of rotatable bonds is 11. The van der Waals surface area contributed by atoms with Gasteiger partial charge in [-0.3, -0.25) is 0 Å². The zero-order valence-electron chi connectivity index (χ0n) is 17.1. The summed E-state index contributed by atoms with van der Waals surface area (Å²) in [6.45, 7) is 18.3. The lowest BCUT2D eigenvalue weighted by molar-refractivity contribution is 0.00913. The summed E-state index contributed by atoms with van der Waals surface area (Å²) in [5, 5.41) is 0. The molecule has 5 nitrogen and oxygen atoms in total. The van der Waals surface area contributed by atoms with Crippen LogP contribution in [0.3, 0.4) is 0 Å². The molecule has 6 heteroatoms. The minimum Gasteiger partial charge on any atom is -0.372 e. The SMILES string of the molecule is CCN(CC)c1ccc(N[Si](OC(C)C)(OC(C)C)OC(C)C)cc1. The molecule has 0 radical (unpaired) electrons. The Hall–Kier alpha value is -1.08. The van der Waals surface area contributed by atoms with Gasteiger partial charge in [0.1, 0.15) is 0 Å². The van der Waals surface area contributed by atoms with E-state index in [-0.39, 0.29) is 18.3 Å². The van der Waals surface area contributed by atoms with Crippen LogP contribution in [-0.4, -0.2) is 40.4 Å². The maximum Gasteiger partial charge on any atom is 0.631 e. The molecule has 0 fully saturated rings. The molecular weight excluding hydrogens is 332 g/mol. The van der Waals surface area contributed by atoms with Gasteiger partial charge in [-0.15, -0.1) is 0 Å². The average Bonchev–Trinajstić information content (AvgIpc) is 2.47. The first-order chi connectivity index (χ1) is 11.7. The Morgan fingerprint density at radius 3 is 1.52 bits per heavy atom. The quantitative estimate of drug-likeness (QED) is 0.576. The standard InChI is InChI=1S/C19H36N2O3Si/c1-9-21(10-2)19-13-11-18(12-14-19)20-25(22-15(3)4,23-16(5)6)24-17(7)8/h11-17,20H,9-10H2,1-8H3. The summed E-state index contributed by atoms with van der Waals surface area (Å²) in [5.41, 5.74) is 2.16. The van der Waals surface area contributed by atoms with Gasteiger partial charge in [-0.05, 0) is 79.7 Å². The predicted molar refractivity (Wildman–Crippen MR) is 108 cm³/mol. The third-order valence-electron chi connectivity index (χ3n) is 3.47. The molecule has 0 heterocycles. The Labute approximate surface area is 155 Å². The number of anilines is 2. The van der Waals surface area contributed by atoms with Crippen molar-refractivity contribution < 1.29 is 13.3 Å². The number of hydrogen-bond donors (Lipinski definition) is 1. The van der Waals surface area contributed by atoms with Crippen molar-refractivity contribution in [2.24, 2.45) is 0 Å². The maximum atomic E-state index is 6.16. The molecule has 0 aliphatic heterocycles. The second-order valence-corrected chi connectivity index (χ2v) is 8.97. The van der Waals surface area contributed by atoms with Crippen molar-refractivity contribution in [3.8, 4) is 0 Å². The molecule has 0 amide bonds. The highest BCUT2D eigenvalue weighted by atomic mass is 28.4. The van der Waals surface area contributed by atoms with E-state index in [1.165, 1.54) is 5.69 Å². The van der Waals surface area contributed by atoms with Crippen LogP contribution < -0.4 is 9.88 Å². The molecule has 0 bridgehead atoms. The lowest BCUT2D eigenvalue weighted by Crippen LogP contribution is -2.57. The molecule has 0 unspecified atom stereocenters. The van der Waals surface area contributed by atoms with Crippen LogP contribution in [0.1, 0.15) is 55.4 Å². The van der Waals surface area contributed by atoms with Gasteiger partial charge in [0.25, 0.3) is 0 Å². The van der Waals surface area contributed by atoms with E-state index < -0.39 is 8.97 Å². The molecule has 0 spiro atoms. The van der Waals surface area contributed by atoms with Crippen molar-refractivity contribution in [2.75, 3.05) is 23.0 Å². The molecule has 0 saturated heterocycles. The van der Waals surface area contributed by atoms with Crippen LogP contribution in [0.15, 0.2) is 24.3 Å². The van der Waals surface area contributed by atoms with Gasteiger partial charge >= 0.3 is 8.97 Å². The normalized spacial score (nSPS) is 12.3. The molecule has 25 heavy (non-hydrogen) atoms. The van der Waals surface area contributed by atoms with E-state index in [9.17, 15) is 0 Å². The summed E-state index contributed by atoms with van der Waals surface area (Å²) in [4.78, 5) is 5.76. The van der Waals surface area contributed by atoms with Gasteiger partial charge in [0.05, 0.1) is 0 Å². The van der Waals surface area contributed by atoms with Gasteiger partial charge in [0.2, 0.25) is 0 Å². The molecule has 0 aliphatic carbocycles. The van der Waals surface area contributed by atoms with E-state index in [2.05, 4.69) is 48.0 Å². The number of hydrogen-bond acceptors (Lipinski definition) is 5. The van der Waals surface area contributed by atoms with E-state index in [1.54, 1.807) is 0 Å². The van der Waals surface area contributed by atoms with Gasteiger partial charge in [-0.25, -0.2) is 0 Å². The molecule has 0 aliphatic rings. The number of nitrogens with zero attached hydrogens (tertiary/aromatic N) is 1. The fourth-order valence-corrected chi connectivity index (χ4v) is 5.35. The first-order valence-corrected chi connectivity index (χ1v) is 11.1. The molecule has 1 aromatic rings. The molecule has 144 valence electrons. The first kappa shape index (κ1) is 22.0. The van der Waals surface area contributed by atoms with Crippen LogP contribution in [0.25, 0.3) is 0 Å². The zero-order chi connectivity index (χ0) is 19.0. The average molecular weight is 369 g/mol. The molecule has 0 aromatic heterocycles. The molecule has 1 rings (SSSR count). The topological polar surface area (TPSA) is 43.0 Å². The van der Waals surface area contributed by atoms with E-state index in [4.69, 9.17) is 13.3 Å². The fraction of sp³-hybridized carbons (Fsp3) is 0.684. The van der Waals surface area contributed by atoms with E-state index in [0.29, 0.717) is 0 Å². The number of nitrogens with one attached hydrogen (secondary N) is 1. The zero-order valence-corrected chi connectivity index (χ0v) is 18.1. The van der Waals surface area contributed by atoms with Crippen molar-refractivity contribution in [1.29, 1.82) is 0 Å². The fourth-order valence-electron chi connectivity index (χ4n) is 2.62. The van der Waals surface area contributed by atoms with Crippen LogP contribution in [-0.2, 0) is 13.3 Å². The van der Waals surface area contributed by atoms with E-state index in [0.717, 1.165) is 18.8 Å². The molecular formula is C19H36N2O3Si. The Morgan fingerprint density at radius 2 is 1.20 bits per heavy atom. The summed E-state index contributed by atoms with van der Waals surface area (Å²) in [6, 6.07) is 8.36. The van der Waals surface area contributed by atoms with Crippen molar-refractivity contribution in [3.63, 3.8) is 0 Å². The summed E-state index contributed by atoms with van der Waals surface area (Å²) in [5.74, 6) is 0. The summed E-state index contributed by atoms with van der Waals surface area (Å²) < 4.78 is 18.5. The van der Waals surface area contributed by atoms with E-state index in [1.807, 2.05) is 41.5 Å².